The molecule has 0 aromatic heterocycles. The van der Waals surface area contributed by atoms with Gasteiger partial charge in [0, 0.05) is 13.0 Å². The molecule has 0 amide bonds. The van der Waals surface area contributed by atoms with Crippen molar-refractivity contribution in [2.75, 3.05) is 13.2 Å². The Hall–Kier alpha value is -0.290. The molecule has 1 aliphatic heterocycles. The van der Waals surface area contributed by atoms with E-state index in [0.29, 0.717) is 13.0 Å². The molecule has 2 unspecified atom stereocenters. The van der Waals surface area contributed by atoms with Crippen LogP contribution in [0.15, 0.2) is 0 Å². The summed E-state index contributed by atoms with van der Waals surface area (Å²) in [5.41, 5.74) is -1.83. The standard InChI is InChI=1S/C9H16F3NO/c1-3-5-13-8(9(10,11)12)4-6-14-7(8)2/h7,13H,3-6H2,1-2H3. The third-order valence-corrected chi connectivity index (χ3v) is 2.75. The van der Waals surface area contributed by atoms with E-state index in [9.17, 15) is 13.2 Å². The van der Waals surface area contributed by atoms with Crippen molar-refractivity contribution in [3.8, 4) is 0 Å². The fraction of sp³-hybridized carbons (Fsp3) is 1.00. The summed E-state index contributed by atoms with van der Waals surface area (Å²) in [5.74, 6) is 0. The topological polar surface area (TPSA) is 21.3 Å². The van der Waals surface area contributed by atoms with Gasteiger partial charge in [0.1, 0.15) is 5.54 Å². The maximum absolute atomic E-state index is 12.8. The summed E-state index contributed by atoms with van der Waals surface area (Å²) < 4.78 is 43.6. The zero-order chi connectivity index (χ0) is 10.8. The summed E-state index contributed by atoms with van der Waals surface area (Å²) in [7, 11) is 0. The number of hydrogen-bond acceptors (Lipinski definition) is 2. The normalized spacial score (nSPS) is 33.6. The number of alkyl halides is 3. The molecular weight excluding hydrogens is 195 g/mol. The highest BCUT2D eigenvalue weighted by Gasteiger charge is 2.60. The van der Waals surface area contributed by atoms with E-state index in [1.807, 2.05) is 6.92 Å². The summed E-state index contributed by atoms with van der Waals surface area (Å²) in [6.45, 7) is 3.87. The van der Waals surface area contributed by atoms with Gasteiger partial charge in [-0.3, -0.25) is 0 Å². The molecule has 0 saturated carbocycles. The average Bonchev–Trinajstić information content (AvgIpc) is 2.43. The van der Waals surface area contributed by atoms with Crippen molar-refractivity contribution in [3.63, 3.8) is 0 Å². The van der Waals surface area contributed by atoms with Gasteiger partial charge < -0.3 is 10.1 Å². The number of nitrogens with one attached hydrogen (secondary N) is 1. The first-order valence-electron chi connectivity index (χ1n) is 4.87. The molecule has 0 bridgehead atoms. The molecular formula is C9H16F3NO. The lowest BCUT2D eigenvalue weighted by Crippen LogP contribution is -2.61. The van der Waals surface area contributed by atoms with E-state index in [0.717, 1.165) is 0 Å². The lowest BCUT2D eigenvalue weighted by Gasteiger charge is -2.35. The van der Waals surface area contributed by atoms with E-state index in [-0.39, 0.29) is 13.0 Å². The molecule has 2 nitrogen and oxygen atoms in total. The van der Waals surface area contributed by atoms with Crippen molar-refractivity contribution in [1.29, 1.82) is 0 Å². The molecule has 1 fully saturated rings. The molecule has 5 heteroatoms. The maximum atomic E-state index is 12.8. The smallest absolute Gasteiger partial charge is 0.376 e. The number of halogens is 3. The number of hydrogen-bond donors (Lipinski definition) is 1. The second-order valence-corrected chi connectivity index (χ2v) is 3.66. The van der Waals surface area contributed by atoms with Gasteiger partial charge in [-0.2, -0.15) is 13.2 Å². The molecule has 1 rings (SSSR count). The molecule has 0 spiro atoms. The average molecular weight is 211 g/mol. The van der Waals surface area contributed by atoms with Gasteiger partial charge in [-0.25, -0.2) is 0 Å². The summed E-state index contributed by atoms with van der Waals surface area (Å²) in [4.78, 5) is 0. The lowest BCUT2D eigenvalue weighted by molar-refractivity contribution is -0.207. The van der Waals surface area contributed by atoms with Crippen LogP contribution in [0.25, 0.3) is 0 Å². The van der Waals surface area contributed by atoms with Crippen LogP contribution in [-0.4, -0.2) is 31.0 Å². The first-order chi connectivity index (χ1) is 6.44. The molecule has 0 aromatic rings. The number of ether oxygens (including phenoxy) is 1. The second kappa shape index (κ2) is 4.06. The Balaban J connectivity index is 2.79. The van der Waals surface area contributed by atoms with E-state index >= 15 is 0 Å². The van der Waals surface area contributed by atoms with Gasteiger partial charge in [-0.1, -0.05) is 6.92 Å². The minimum absolute atomic E-state index is 0.0116. The van der Waals surface area contributed by atoms with Gasteiger partial charge in [0.05, 0.1) is 6.10 Å². The predicted molar refractivity (Wildman–Crippen MR) is 47.1 cm³/mol. The van der Waals surface area contributed by atoms with Gasteiger partial charge in [0.15, 0.2) is 0 Å². The van der Waals surface area contributed by atoms with Crippen LogP contribution in [0.1, 0.15) is 26.7 Å². The fourth-order valence-electron chi connectivity index (χ4n) is 1.79. The molecule has 1 N–H and O–H groups in total. The SMILES string of the molecule is CCCNC1(C(F)(F)F)CCOC1C. The third-order valence-electron chi connectivity index (χ3n) is 2.75. The Morgan fingerprint density at radius 3 is 2.50 bits per heavy atom. The van der Waals surface area contributed by atoms with Crippen LogP contribution in [0.3, 0.4) is 0 Å². The molecule has 1 aliphatic rings. The molecule has 1 heterocycles. The van der Waals surface area contributed by atoms with Crippen LogP contribution < -0.4 is 5.32 Å². The Morgan fingerprint density at radius 1 is 1.50 bits per heavy atom. The highest BCUT2D eigenvalue weighted by molar-refractivity contribution is 5.03. The predicted octanol–water partition coefficient (Wildman–Crippen LogP) is 2.10. The van der Waals surface area contributed by atoms with Gasteiger partial charge in [-0.15, -0.1) is 0 Å². The van der Waals surface area contributed by atoms with Crippen molar-refractivity contribution in [2.45, 2.75) is 44.5 Å². The summed E-state index contributed by atoms with van der Waals surface area (Å²) in [6.07, 6.45) is -4.34. The summed E-state index contributed by atoms with van der Waals surface area (Å²) in [5, 5.41) is 2.58. The van der Waals surface area contributed by atoms with Crippen molar-refractivity contribution in [2.24, 2.45) is 0 Å². The lowest BCUT2D eigenvalue weighted by atomic mass is 9.91. The second-order valence-electron chi connectivity index (χ2n) is 3.66. The highest BCUT2D eigenvalue weighted by atomic mass is 19.4. The van der Waals surface area contributed by atoms with E-state index < -0.39 is 17.8 Å². The first-order valence-corrected chi connectivity index (χ1v) is 4.87. The molecule has 0 aromatic carbocycles. The Morgan fingerprint density at radius 2 is 2.14 bits per heavy atom. The van der Waals surface area contributed by atoms with Gasteiger partial charge in [0.25, 0.3) is 0 Å². The van der Waals surface area contributed by atoms with Crippen LogP contribution in [-0.2, 0) is 4.74 Å². The monoisotopic (exact) mass is 211 g/mol. The third kappa shape index (κ3) is 1.88. The molecule has 2 atom stereocenters. The van der Waals surface area contributed by atoms with Crippen LogP contribution in [0.2, 0.25) is 0 Å². The van der Waals surface area contributed by atoms with Crippen LogP contribution >= 0.6 is 0 Å². The Bertz CT molecular complexity index is 195. The first kappa shape index (κ1) is 11.8. The van der Waals surface area contributed by atoms with Gasteiger partial charge in [-0.05, 0) is 19.9 Å². The van der Waals surface area contributed by atoms with Crippen molar-refractivity contribution in [3.05, 3.63) is 0 Å². The van der Waals surface area contributed by atoms with Crippen molar-refractivity contribution in [1.82, 2.24) is 5.32 Å². The largest absolute Gasteiger partial charge is 0.409 e. The fourth-order valence-corrected chi connectivity index (χ4v) is 1.79. The highest BCUT2D eigenvalue weighted by Crippen LogP contribution is 2.40. The van der Waals surface area contributed by atoms with E-state index in [4.69, 9.17) is 4.74 Å². The van der Waals surface area contributed by atoms with Crippen LogP contribution in [0.5, 0.6) is 0 Å². The van der Waals surface area contributed by atoms with Gasteiger partial charge >= 0.3 is 6.18 Å². The molecule has 0 aliphatic carbocycles. The number of rotatable bonds is 3. The Labute approximate surface area is 81.8 Å². The minimum Gasteiger partial charge on any atom is -0.376 e. The van der Waals surface area contributed by atoms with Gasteiger partial charge in [0.2, 0.25) is 0 Å². The summed E-state index contributed by atoms with van der Waals surface area (Å²) >= 11 is 0. The zero-order valence-electron chi connectivity index (χ0n) is 8.45. The van der Waals surface area contributed by atoms with Crippen molar-refractivity contribution >= 4 is 0 Å². The molecule has 0 radical (unpaired) electrons. The van der Waals surface area contributed by atoms with Crippen LogP contribution in [0.4, 0.5) is 13.2 Å². The quantitative estimate of drug-likeness (QED) is 0.771. The maximum Gasteiger partial charge on any atom is 0.409 e. The minimum atomic E-state index is -4.24. The van der Waals surface area contributed by atoms with Crippen molar-refractivity contribution < 1.29 is 17.9 Å². The summed E-state index contributed by atoms with van der Waals surface area (Å²) in [6, 6.07) is 0. The van der Waals surface area contributed by atoms with E-state index in [1.165, 1.54) is 6.92 Å². The van der Waals surface area contributed by atoms with Crippen LogP contribution in [0, 0.1) is 0 Å². The molecule has 1 saturated heterocycles. The zero-order valence-corrected chi connectivity index (χ0v) is 8.45. The Kier molecular flexibility index (Phi) is 3.42. The molecule has 14 heavy (non-hydrogen) atoms. The van der Waals surface area contributed by atoms with E-state index in [2.05, 4.69) is 5.32 Å². The molecule has 84 valence electrons. The van der Waals surface area contributed by atoms with E-state index in [1.54, 1.807) is 0 Å².